The summed E-state index contributed by atoms with van der Waals surface area (Å²) in [6, 6.07) is 14.3. The number of β-amino-alcohol motifs (C(OH)–C–C–N with tert-alkyl or cyclic N) is 1. The Morgan fingerprint density at radius 2 is 1.73 bits per heavy atom. The highest BCUT2D eigenvalue weighted by Crippen LogP contribution is 2.26. The molecule has 0 saturated carbocycles. The van der Waals surface area contributed by atoms with E-state index in [9.17, 15) is 14.4 Å². The van der Waals surface area contributed by atoms with Crippen molar-refractivity contribution in [2.75, 3.05) is 39.2 Å². The van der Waals surface area contributed by atoms with Crippen molar-refractivity contribution in [3.05, 3.63) is 65.4 Å². The van der Waals surface area contributed by atoms with E-state index in [1.54, 1.807) is 30.3 Å². The van der Waals surface area contributed by atoms with E-state index in [0.29, 0.717) is 11.3 Å². The van der Waals surface area contributed by atoms with Crippen LogP contribution in [0.25, 0.3) is 11.1 Å². The topological polar surface area (TPSA) is 105 Å². The monoisotopic (exact) mass is 410 g/mol. The Morgan fingerprint density at radius 3 is 2.37 bits per heavy atom. The van der Waals surface area contributed by atoms with Gasteiger partial charge in [-0.2, -0.15) is 0 Å². The normalized spacial score (nSPS) is 13.4. The number of anilines is 1. The average molecular weight is 410 g/mol. The first-order valence-corrected chi connectivity index (χ1v) is 9.26. The number of rotatable bonds is 7. The lowest BCUT2D eigenvalue weighted by molar-refractivity contribution is -0.136. The summed E-state index contributed by atoms with van der Waals surface area (Å²) in [6.45, 7) is -0.000405. The highest BCUT2D eigenvalue weighted by atomic mass is 16.5. The largest absolute Gasteiger partial charge is 0.466 e. The molecule has 0 aromatic heterocycles. The molecular formula is C22H22N2O6. The zero-order valence-electron chi connectivity index (χ0n) is 16.7. The number of nitrogens with one attached hydrogen (secondary N) is 1. The number of hydrogen-bond acceptors (Lipinski definition) is 7. The van der Waals surface area contributed by atoms with Crippen LogP contribution in [-0.2, 0) is 19.1 Å². The van der Waals surface area contributed by atoms with Crippen molar-refractivity contribution in [1.29, 1.82) is 0 Å². The van der Waals surface area contributed by atoms with Crippen LogP contribution in [0.2, 0.25) is 0 Å². The maximum atomic E-state index is 12.6. The van der Waals surface area contributed by atoms with Gasteiger partial charge in [0, 0.05) is 12.2 Å². The number of amides is 1. The van der Waals surface area contributed by atoms with Crippen LogP contribution in [0, 0.1) is 0 Å². The van der Waals surface area contributed by atoms with Gasteiger partial charge in [0.25, 0.3) is 5.91 Å². The summed E-state index contributed by atoms with van der Waals surface area (Å²) in [6.07, 6.45) is 0. The Balaban J connectivity index is 1.83. The van der Waals surface area contributed by atoms with E-state index in [1.165, 1.54) is 19.1 Å². The number of ether oxygens (including phenoxy) is 2. The molecule has 0 aliphatic carbocycles. The lowest BCUT2D eigenvalue weighted by Crippen LogP contribution is -2.31. The summed E-state index contributed by atoms with van der Waals surface area (Å²) in [7, 11) is 2.59. The number of carbonyl (C=O) groups excluding carboxylic acids is 3. The molecule has 0 atom stereocenters. The summed E-state index contributed by atoms with van der Waals surface area (Å²) in [4.78, 5) is 37.8. The lowest BCUT2D eigenvalue weighted by Gasteiger charge is -2.15. The quantitative estimate of drug-likeness (QED) is 0.671. The number of benzene rings is 2. The zero-order valence-corrected chi connectivity index (χ0v) is 16.7. The fourth-order valence-electron chi connectivity index (χ4n) is 3.18. The summed E-state index contributed by atoms with van der Waals surface area (Å²) >= 11 is 0. The van der Waals surface area contributed by atoms with Gasteiger partial charge in [-0.3, -0.25) is 4.79 Å². The first kappa shape index (κ1) is 21.1. The number of methoxy groups -OCH3 is 2. The van der Waals surface area contributed by atoms with Gasteiger partial charge in [-0.15, -0.1) is 0 Å². The molecular weight excluding hydrogens is 388 g/mol. The van der Waals surface area contributed by atoms with Gasteiger partial charge in [0.2, 0.25) is 0 Å². The Labute approximate surface area is 173 Å². The van der Waals surface area contributed by atoms with Gasteiger partial charge in [0.1, 0.15) is 5.70 Å². The summed E-state index contributed by atoms with van der Waals surface area (Å²) in [5.74, 6) is -1.38. The maximum Gasteiger partial charge on any atom is 0.337 e. The summed E-state index contributed by atoms with van der Waals surface area (Å²) in [5, 5.41) is 12.1. The zero-order chi connectivity index (χ0) is 21.7. The molecule has 0 spiro atoms. The molecule has 0 saturated heterocycles. The third-order valence-corrected chi connectivity index (χ3v) is 4.72. The lowest BCUT2D eigenvalue weighted by atomic mass is 10.0. The standard InChI is InChI=1S/C22H22N2O6/c1-29-21(27)16-5-3-4-15(12-16)14-6-8-17(9-7-14)23-19-18(22(28)30-2)13-24(10-11-25)20(19)26/h3-9,12,23,25H,10-11,13H2,1-2H3. The number of carbonyl (C=O) groups is 3. The average Bonchev–Trinajstić information content (AvgIpc) is 3.09. The Hall–Kier alpha value is -3.65. The van der Waals surface area contributed by atoms with E-state index >= 15 is 0 Å². The van der Waals surface area contributed by atoms with E-state index in [-0.39, 0.29) is 36.9 Å². The maximum absolute atomic E-state index is 12.6. The number of aliphatic hydroxyl groups excluding tert-OH is 1. The number of hydrogen-bond donors (Lipinski definition) is 2. The smallest absolute Gasteiger partial charge is 0.337 e. The third kappa shape index (κ3) is 4.33. The van der Waals surface area contributed by atoms with Crippen LogP contribution in [0.5, 0.6) is 0 Å². The van der Waals surface area contributed by atoms with Gasteiger partial charge in [0.15, 0.2) is 0 Å². The highest BCUT2D eigenvalue weighted by molar-refractivity contribution is 6.08. The van der Waals surface area contributed by atoms with E-state index in [0.717, 1.165) is 11.1 Å². The molecule has 156 valence electrons. The fraction of sp³-hybridized carbons (Fsp3) is 0.227. The first-order valence-electron chi connectivity index (χ1n) is 9.26. The van der Waals surface area contributed by atoms with E-state index in [1.807, 2.05) is 18.2 Å². The SMILES string of the molecule is COC(=O)C1=C(Nc2ccc(-c3cccc(C(=O)OC)c3)cc2)C(=O)N(CCO)C1. The minimum absolute atomic E-state index is 0.0762. The predicted octanol–water partition coefficient (Wildman–Crippen LogP) is 1.81. The van der Waals surface area contributed by atoms with Crippen molar-refractivity contribution in [2.24, 2.45) is 0 Å². The van der Waals surface area contributed by atoms with Gasteiger partial charge in [-0.05, 0) is 35.4 Å². The van der Waals surface area contributed by atoms with Crippen molar-refractivity contribution in [2.45, 2.75) is 0 Å². The van der Waals surface area contributed by atoms with Gasteiger partial charge in [0.05, 0.1) is 38.5 Å². The van der Waals surface area contributed by atoms with Gasteiger partial charge < -0.3 is 24.8 Å². The minimum atomic E-state index is -0.595. The molecule has 2 aromatic carbocycles. The molecule has 1 amide bonds. The summed E-state index contributed by atoms with van der Waals surface area (Å²) in [5.41, 5.74) is 3.11. The van der Waals surface area contributed by atoms with Crippen molar-refractivity contribution in [3.63, 3.8) is 0 Å². The Bertz CT molecular complexity index is 997. The highest BCUT2D eigenvalue weighted by Gasteiger charge is 2.34. The van der Waals surface area contributed by atoms with Crippen molar-refractivity contribution in [1.82, 2.24) is 4.90 Å². The van der Waals surface area contributed by atoms with Crippen LogP contribution in [0.3, 0.4) is 0 Å². The molecule has 0 fully saturated rings. The van der Waals surface area contributed by atoms with Crippen LogP contribution in [0.15, 0.2) is 59.8 Å². The van der Waals surface area contributed by atoms with Crippen molar-refractivity contribution in [3.8, 4) is 11.1 Å². The first-order chi connectivity index (χ1) is 14.5. The molecule has 2 aromatic rings. The van der Waals surface area contributed by atoms with Crippen LogP contribution in [0.1, 0.15) is 10.4 Å². The molecule has 30 heavy (non-hydrogen) atoms. The Kier molecular flexibility index (Phi) is 6.48. The van der Waals surface area contributed by atoms with Crippen molar-refractivity contribution < 1.29 is 29.0 Å². The number of esters is 2. The second-order valence-electron chi connectivity index (χ2n) is 6.57. The molecule has 8 heteroatoms. The number of aliphatic hydroxyl groups is 1. The molecule has 8 nitrogen and oxygen atoms in total. The molecule has 0 radical (unpaired) electrons. The van der Waals surface area contributed by atoms with Crippen LogP contribution < -0.4 is 5.32 Å². The molecule has 1 aliphatic rings. The van der Waals surface area contributed by atoms with E-state index in [4.69, 9.17) is 14.6 Å². The van der Waals surface area contributed by atoms with E-state index in [2.05, 4.69) is 5.32 Å². The second-order valence-corrected chi connectivity index (χ2v) is 6.57. The summed E-state index contributed by atoms with van der Waals surface area (Å²) < 4.78 is 9.53. The molecule has 2 N–H and O–H groups in total. The molecule has 3 rings (SSSR count). The van der Waals surface area contributed by atoms with Crippen molar-refractivity contribution >= 4 is 23.5 Å². The molecule has 0 bridgehead atoms. The van der Waals surface area contributed by atoms with Crippen LogP contribution >= 0.6 is 0 Å². The van der Waals surface area contributed by atoms with Gasteiger partial charge in [-0.25, -0.2) is 9.59 Å². The van der Waals surface area contributed by atoms with Crippen LogP contribution in [-0.4, -0.2) is 61.8 Å². The van der Waals surface area contributed by atoms with Crippen LogP contribution in [0.4, 0.5) is 5.69 Å². The van der Waals surface area contributed by atoms with Gasteiger partial charge >= 0.3 is 11.9 Å². The molecule has 1 aliphatic heterocycles. The Morgan fingerprint density at radius 1 is 1.03 bits per heavy atom. The van der Waals surface area contributed by atoms with E-state index < -0.39 is 11.9 Å². The number of nitrogens with zero attached hydrogens (tertiary/aromatic N) is 1. The second kappa shape index (κ2) is 9.23. The third-order valence-electron chi connectivity index (χ3n) is 4.72. The molecule has 1 heterocycles. The predicted molar refractivity (Wildman–Crippen MR) is 110 cm³/mol. The fourth-order valence-corrected chi connectivity index (χ4v) is 3.18. The van der Waals surface area contributed by atoms with Gasteiger partial charge in [-0.1, -0.05) is 24.3 Å². The molecule has 0 unspecified atom stereocenters. The minimum Gasteiger partial charge on any atom is -0.466 e.